The lowest BCUT2D eigenvalue weighted by Crippen LogP contribution is -2.45. The Morgan fingerprint density at radius 3 is 2.72 bits per heavy atom. The first-order valence-corrected chi connectivity index (χ1v) is 8.59. The average molecular weight is 342 g/mol. The molecule has 3 heterocycles. The minimum atomic E-state index is -0.267. The van der Waals surface area contributed by atoms with E-state index in [9.17, 15) is 4.79 Å². The van der Waals surface area contributed by atoms with Crippen molar-refractivity contribution in [1.29, 1.82) is 0 Å². The predicted molar refractivity (Wildman–Crippen MR) is 95.5 cm³/mol. The number of pyridine rings is 1. The molecule has 0 aromatic carbocycles. The summed E-state index contributed by atoms with van der Waals surface area (Å²) in [4.78, 5) is 19.1. The van der Waals surface area contributed by atoms with E-state index in [0.717, 1.165) is 22.6 Å². The minimum absolute atomic E-state index is 0.0306. The van der Waals surface area contributed by atoms with E-state index in [2.05, 4.69) is 20.9 Å². The Hall–Kier alpha value is -2.25. The van der Waals surface area contributed by atoms with Crippen LogP contribution in [0.4, 0.5) is 0 Å². The van der Waals surface area contributed by atoms with Gasteiger partial charge in [-0.25, -0.2) is 10.9 Å². The second-order valence-corrected chi connectivity index (χ2v) is 6.72. The molecule has 0 aliphatic carbocycles. The number of amides is 1. The van der Waals surface area contributed by atoms with Gasteiger partial charge in [0, 0.05) is 31.5 Å². The van der Waals surface area contributed by atoms with Crippen LogP contribution in [0.3, 0.4) is 0 Å². The first kappa shape index (κ1) is 17.6. The fourth-order valence-corrected chi connectivity index (χ4v) is 3.52. The van der Waals surface area contributed by atoms with E-state index in [4.69, 9.17) is 0 Å². The second-order valence-electron chi connectivity index (χ2n) is 6.72. The minimum Gasteiger partial charge on any atom is -0.337 e. The molecule has 1 amide bonds. The van der Waals surface area contributed by atoms with E-state index in [1.165, 1.54) is 0 Å². The van der Waals surface area contributed by atoms with Gasteiger partial charge in [0.2, 0.25) is 5.91 Å². The summed E-state index contributed by atoms with van der Waals surface area (Å²) in [6.07, 6.45) is 2.45. The molecule has 1 saturated heterocycles. The molecular weight excluding hydrogens is 316 g/mol. The molecule has 25 heavy (non-hydrogen) atoms. The first-order valence-electron chi connectivity index (χ1n) is 8.59. The van der Waals surface area contributed by atoms with E-state index in [-0.39, 0.29) is 24.0 Å². The summed E-state index contributed by atoms with van der Waals surface area (Å²) in [5.41, 5.74) is 10.4. The van der Waals surface area contributed by atoms with Crippen molar-refractivity contribution >= 4 is 5.91 Å². The third kappa shape index (κ3) is 3.29. The fraction of sp³-hybridized carbons (Fsp3) is 0.500. The van der Waals surface area contributed by atoms with Crippen LogP contribution in [0, 0.1) is 13.8 Å². The molecule has 0 radical (unpaired) electrons. The number of hydrazine groups is 1. The second kappa shape index (κ2) is 6.93. The van der Waals surface area contributed by atoms with Crippen LogP contribution in [0.2, 0.25) is 0 Å². The van der Waals surface area contributed by atoms with Crippen molar-refractivity contribution in [1.82, 2.24) is 30.5 Å². The Morgan fingerprint density at radius 1 is 1.36 bits per heavy atom. The van der Waals surface area contributed by atoms with Crippen molar-refractivity contribution in [3.8, 4) is 0 Å². The maximum atomic E-state index is 12.9. The normalized spacial score (nSPS) is 21.3. The van der Waals surface area contributed by atoms with Gasteiger partial charge >= 0.3 is 0 Å². The number of hydrogen-bond acceptors (Lipinski definition) is 5. The molecule has 1 aliphatic rings. The van der Waals surface area contributed by atoms with Crippen LogP contribution in [-0.2, 0) is 11.8 Å². The average Bonchev–Trinajstić information content (AvgIpc) is 3.19. The van der Waals surface area contributed by atoms with Crippen LogP contribution in [0.5, 0.6) is 0 Å². The number of rotatable bonds is 4. The van der Waals surface area contributed by atoms with Crippen molar-refractivity contribution in [2.75, 3.05) is 7.05 Å². The van der Waals surface area contributed by atoms with E-state index >= 15 is 0 Å². The zero-order valence-corrected chi connectivity index (χ0v) is 15.4. The highest BCUT2D eigenvalue weighted by Crippen LogP contribution is 2.27. The summed E-state index contributed by atoms with van der Waals surface area (Å²) >= 11 is 0. The summed E-state index contributed by atoms with van der Waals surface area (Å²) in [5.74, 6) is 0.0704. The number of carbonyl (C=O) groups excluding carboxylic acids is 1. The standard InChI is InChI=1S/C18H26N6O/c1-11-17(13(3)24(5)22-11)12(2)23(4)18(25)16-10-15(20-21-16)14-8-6-7-9-19-14/h6-9,12,15-16,20-21H,10H2,1-5H3. The number of hydrogen-bond donors (Lipinski definition) is 2. The molecular formula is C18H26N6O. The third-order valence-corrected chi connectivity index (χ3v) is 5.16. The molecule has 134 valence electrons. The summed E-state index contributed by atoms with van der Waals surface area (Å²) in [6.45, 7) is 6.08. The Balaban J connectivity index is 1.70. The van der Waals surface area contributed by atoms with Gasteiger partial charge < -0.3 is 4.90 Å². The summed E-state index contributed by atoms with van der Waals surface area (Å²) in [7, 11) is 3.79. The van der Waals surface area contributed by atoms with Crippen LogP contribution >= 0.6 is 0 Å². The van der Waals surface area contributed by atoms with Crippen molar-refractivity contribution in [2.24, 2.45) is 7.05 Å². The van der Waals surface area contributed by atoms with E-state index in [1.54, 1.807) is 11.1 Å². The van der Waals surface area contributed by atoms with Gasteiger partial charge in [-0.2, -0.15) is 5.10 Å². The molecule has 0 spiro atoms. The highest BCUT2D eigenvalue weighted by molar-refractivity contribution is 5.82. The molecule has 3 unspecified atom stereocenters. The van der Waals surface area contributed by atoms with Gasteiger partial charge in [-0.15, -0.1) is 0 Å². The predicted octanol–water partition coefficient (Wildman–Crippen LogP) is 1.56. The van der Waals surface area contributed by atoms with Crippen LogP contribution in [0.1, 0.15) is 48.1 Å². The van der Waals surface area contributed by atoms with Crippen LogP contribution in [0.25, 0.3) is 0 Å². The molecule has 2 aromatic rings. The van der Waals surface area contributed by atoms with Crippen LogP contribution in [0.15, 0.2) is 24.4 Å². The van der Waals surface area contributed by atoms with Gasteiger partial charge in [-0.1, -0.05) is 6.07 Å². The number of likely N-dealkylation sites (N-methyl/N-ethyl adjacent to an activating group) is 1. The van der Waals surface area contributed by atoms with Crippen molar-refractivity contribution in [3.63, 3.8) is 0 Å². The van der Waals surface area contributed by atoms with Crippen molar-refractivity contribution < 1.29 is 4.79 Å². The maximum absolute atomic E-state index is 12.9. The van der Waals surface area contributed by atoms with Crippen molar-refractivity contribution in [3.05, 3.63) is 47.0 Å². The van der Waals surface area contributed by atoms with Gasteiger partial charge in [0.1, 0.15) is 6.04 Å². The van der Waals surface area contributed by atoms with Gasteiger partial charge in [0.25, 0.3) is 0 Å². The molecule has 7 nitrogen and oxygen atoms in total. The number of carbonyl (C=O) groups is 1. The van der Waals surface area contributed by atoms with Crippen LogP contribution in [-0.4, -0.2) is 38.7 Å². The first-order chi connectivity index (χ1) is 11.9. The molecule has 0 bridgehead atoms. The molecule has 2 N–H and O–H groups in total. The number of aryl methyl sites for hydroxylation is 2. The lowest BCUT2D eigenvalue weighted by molar-refractivity contribution is -0.133. The Kier molecular flexibility index (Phi) is 4.87. The maximum Gasteiger partial charge on any atom is 0.241 e. The van der Waals surface area contributed by atoms with Gasteiger partial charge in [-0.05, 0) is 39.3 Å². The number of nitrogens with zero attached hydrogens (tertiary/aromatic N) is 4. The van der Waals surface area contributed by atoms with E-state index in [0.29, 0.717) is 6.42 Å². The van der Waals surface area contributed by atoms with Crippen LogP contribution < -0.4 is 10.9 Å². The lowest BCUT2D eigenvalue weighted by Gasteiger charge is -2.28. The van der Waals surface area contributed by atoms with E-state index < -0.39 is 0 Å². The Morgan fingerprint density at radius 2 is 2.12 bits per heavy atom. The third-order valence-electron chi connectivity index (χ3n) is 5.16. The molecule has 3 rings (SSSR count). The zero-order valence-electron chi connectivity index (χ0n) is 15.4. The van der Waals surface area contributed by atoms with Crippen molar-refractivity contribution in [2.45, 2.75) is 45.3 Å². The van der Waals surface area contributed by atoms with Gasteiger partial charge in [-0.3, -0.25) is 14.5 Å². The SMILES string of the molecule is Cc1nn(C)c(C)c1C(C)N(C)C(=O)C1CC(c2ccccn2)NN1. The van der Waals surface area contributed by atoms with Gasteiger partial charge in [0.15, 0.2) is 0 Å². The summed E-state index contributed by atoms with van der Waals surface area (Å²) in [6, 6.07) is 5.57. The Labute approximate surface area is 148 Å². The topological polar surface area (TPSA) is 75.1 Å². The molecule has 1 fully saturated rings. The number of nitrogens with one attached hydrogen (secondary N) is 2. The molecule has 2 aromatic heterocycles. The molecule has 1 aliphatic heterocycles. The molecule has 0 saturated carbocycles. The van der Waals surface area contributed by atoms with E-state index in [1.807, 2.05) is 57.7 Å². The summed E-state index contributed by atoms with van der Waals surface area (Å²) in [5, 5.41) is 4.47. The smallest absolute Gasteiger partial charge is 0.241 e. The quantitative estimate of drug-likeness (QED) is 0.882. The van der Waals surface area contributed by atoms with Gasteiger partial charge in [0.05, 0.1) is 23.5 Å². The largest absolute Gasteiger partial charge is 0.337 e. The highest BCUT2D eigenvalue weighted by atomic mass is 16.2. The summed E-state index contributed by atoms with van der Waals surface area (Å²) < 4.78 is 1.87. The monoisotopic (exact) mass is 342 g/mol. The highest BCUT2D eigenvalue weighted by Gasteiger charge is 2.34. The number of aromatic nitrogens is 3. The zero-order chi connectivity index (χ0) is 18.1. The fourth-order valence-electron chi connectivity index (χ4n) is 3.52. The Bertz CT molecular complexity index is 756. The molecule has 7 heteroatoms. The lowest BCUT2D eigenvalue weighted by atomic mass is 10.0. The molecule has 3 atom stereocenters.